The fraction of sp³-hybridized carbons (Fsp3) is 0.241. The molecule has 204 valence electrons. The van der Waals surface area contributed by atoms with E-state index in [9.17, 15) is 4.79 Å². The van der Waals surface area contributed by atoms with Crippen molar-refractivity contribution < 1.29 is 9.53 Å². The average Bonchev–Trinajstić information content (AvgIpc) is 3.38. The van der Waals surface area contributed by atoms with Crippen LogP contribution in [0.2, 0.25) is 0 Å². The van der Waals surface area contributed by atoms with Gasteiger partial charge >= 0.3 is 0 Å². The van der Waals surface area contributed by atoms with Crippen LogP contribution in [0.15, 0.2) is 67.4 Å². The van der Waals surface area contributed by atoms with Gasteiger partial charge in [0.15, 0.2) is 5.65 Å². The second kappa shape index (κ2) is 12.0. The minimum atomic E-state index is -0.189. The van der Waals surface area contributed by atoms with E-state index in [1.165, 1.54) is 9.12 Å². The summed E-state index contributed by atoms with van der Waals surface area (Å²) in [6, 6.07) is 11.8. The highest BCUT2D eigenvalue weighted by Gasteiger charge is 2.18. The molecule has 6 rings (SSSR count). The number of nitrogens with one attached hydrogen (secondary N) is 2. The molecule has 0 aliphatic carbocycles. The minimum absolute atomic E-state index is 0.189. The second-order valence-corrected chi connectivity index (χ2v) is 11.5. The number of hydrogen-bond donors (Lipinski definition) is 3. The quantitative estimate of drug-likeness (QED) is 0.177. The highest BCUT2D eigenvalue weighted by molar-refractivity contribution is 14.2. The molecular formula is C29H28IN7O2S. The van der Waals surface area contributed by atoms with E-state index in [0.717, 1.165) is 76.9 Å². The van der Waals surface area contributed by atoms with Crippen molar-refractivity contribution in [1.29, 1.82) is 0 Å². The lowest BCUT2D eigenvalue weighted by Gasteiger charge is -2.23. The lowest BCUT2D eigenvalue weighted by molar-refractivity contribution is 0.0699. The summed E-state index contributed by atoms with van der Waals surface area (Å²) < 4.78 is 7.48. The van der Waals surface area contributed by atoms with Gasteiger partial charge in [0.2, 0.25) is 0 Å². The fourth-order valence-corrected chi connectivity index (χ4v) is 6.26. The molecule has 0 bridgehead atoms. The normalized spacial score (nSPS) is 14.0. The fourth-order valence-electron chi connectivity index (χ4n) is 5.00. The van der Waals surface area contributed by atoms with E-state index in [0.29, 0.717) is 23.7 Å². The molecule has 1 saturated heterocycles. The van der Waals surface area contributed by atoms with Crippen molar-refractivity contribution in [1.82, 2.24) is 24.2 Å². The summed E-state index contributed by atoms with van der Waals surface area (Å²) >= 11 is 2.24. The number of nitrogen functional groups attached to an aromatic ring is 1. The number of hydrogen-bond acceptors (Lipinski definition) is 8. The smallest absolute Gasteiger partial charge is 0.253 e. The highest BCUT2D eigenvalue weighted by Crippen LogP contribution is 2.37. The highest BCUT2D eigenvalue weighted by atomic mass is 127. The van der Waals surface area contributed by atoms with Crippen LogP contribution in [-0.4, -0.2) is 44.6 Å². The van der Waals surface area contributed by atoms with Gasteiger partial charge in [0.1, 0.15) is 0 Å². The minimum Gasteiger partial charge on any atom is -0.396 e. The van der Waals surface area contributed by atoms with E-state index < -0.39 is 0 Å². The summed E-state index contributed by atoms with van der Waals surface area (Å²) in [7, 11) is 1.53. The Morgan fingerprint density at radius 2 is 2.00 bits per heavy atom. The number of aromatic nitrogens is 4. The lowest BCUT2D eigenvalue weighted by Crippen LogP contribution is -2.23. The Labute approximate surface area is 248 Å². The third-order valence-corrected chi connectivity index (χ3v) is 8.97. The third-order valence-electron chi connectivity index (χ3n) is 7.27. The van der Waals surface area contributed by atoms with Crippen molar-refractivity contribution in [2.75, 3.05) is 30.8 Å². The Kier molecular flexibility index (Phi) is 8.03. The van der Waals surface area contributed by atoms with Gasteiger partial charge in [0.25, 0.3) is 5.91 Å². The largest absolute Gasteiger partial charge is 0.396 e. The Morgan fingerprint density at radius 3 is 2.80 bits per heavy atom. The Morgan fingerprint density at radius 1 is 1.12 bits per heavy atom. The molecule has 1 aromatic carbocycles. The van der Waals surface area contributed by atoms with Gasteiger partial charge in [-0.1, -0.05) is 12.1 Å². The van der Waals surface area contributed by atoms with Crippen molar-refractivity contribution in [2.24, 2.45) is 5.92 Å². The van der Waals surface area contributed by atoms with Crippen LogP contribution in [0.1, 0.15) is 28.8 Å². The number of carbonyl (C=O) groups excluding carboxylic acids is 1. The number of anilines is 2. The first-order valence-corrected chi connectivity index (χ1v) is 16.4. The maximum absolute atomic E-state index is 13.0. The van der Waals surface area contributed by atoms with Crippen LogP contribution >= 0.6 is 30.3 Å². The van der Waals surface area contributed by atoms with Crippen molar-refractivity contribution in [3.05, 3.63) is 78.5 Å². The molecule has 0 radical (unpaired) electrons. The third kappa shape index (κ3) is 5.58. The molecule has 1 fully saturated rings. The van der Waals surface area contributed by atoms with E-state index in [-0.39, 0.29) is 5.91 Å². The van der Waals surface area contributed by atoms with E-state index in [2.05, 4.69) is 52.9 Å². The van der Waals surface area contributed by atoms with Crippen molar-refractivity contribution in [3.8, 4) is 11.1 Å². The summed E-state index contributed by atoms with van der Waals surface area (Å²) in [4.78, 5) is 26.4. The summed E-state index contributed by atoms with van der Waals surface area (Å²) in [6.07, 6.45) is 11.0. The van der Waals surface area contributed by atoms with E-state index in [1.807, 2.05) is 46.7 Å². The van der Waals surface area contributed by atoms with E-state index >= 15 is 0 Å². The molecule has 4 aromatic heterocycles. The number of nitrogens with two attached hydrogens (primary N) is 1. The first-order valence-electron chi connectivity index (χ1n) is 13.1. The SMILES string of the molecule is Nc1c(NCC2CCOCC2)cnc2ccc(-c3cn(SI)c4ncc(C(=O)NCc5cccnc5)cc34)cc12. The van der Waals surface area contributed by atoms with Gasteiger partial charge in [-0.3, -0.25) is 18.7 Å². The molecule has 5 heterocycles. The first kappa shape index (κ1) is 26.8. The maximum Gasteiger partial charge on any atom is 0.253 e. The molecule has 5 aromatic rings. The zero-order chi connectivity index (χ0) is 27.5. The average molecular weight is 666 g/mol. The number of fused-ring (bicyclic) bond motifs is 2. The molecule has 11 heteroatoms. The van der Waals surface area contributed by atoms with E-state index in [1.54, 1.807) is 18.6 Å². The second-order valence-electron chi connectivity index (χ2n) is 9.83. The van der Waals surface area contributed by atoms with Crippen LogP contribution in [0.5, 0.6) is 0 Å². The Balaban J connectivity index is 1.31. The van der Waals surface area contributed by atoms with Gasteiger partial charge in [-0.05, 0) is 54.2 Å². The maximum atomic E-state index is 13.0. The molecule has 1 amide bonds. The molecule has 0 atom stereocenters. The molecule has 40 heavy (non-hydrogen) atoms. The number of carbonyl (C=O) groups is 1. The van der Waals surface area contributed by atoms with Crippen LogP contribution in [0, 0.1) is 5.92 Å². The monoisotopic (exact) mass is 665 g/mol. The number of rotatable bonds is 8. The van der Waals surface area contributed by atoms with Crippen LogP contribution < -0.4 is 16.4 Å². The Bertz CT molecular complexity index is 1670. The number of nitrogens with zero attached hydrogens (tertiary/aromatic N) is 4. The predicted molar refractivity (Wildman–Crippen MR) is 169 cm³/mol. The van der Waals surface area contributed by atoms with Gasteiger partial charge in [0.05, 0.1) is 28.7 Å². The summed E-state index contributed by atoms with van der Waals surface area (Å²) in [6.45, 7) is 2.86. The number of ether oxygens (including phenoxy) is 1. The van der Waals surface area contributed by atoms with Crippen molar-refractivity contribution >= 4 is 69.5 Å². The van der Waals surface area contributed by atoms with E-state index in [4.69, 9.17) is 10.5 Å². The topological polar surface area (TPSA) is 120 Å². The van der Waals surface area contributed by atoms with Gasteiger partial charge in [-0.15, -0.1) is 0 Å². The first-order chi connectivity index (χ1) is 19.6. The number of halogens is 1. The van der Waals surface area contributed by atoms with Crippen LogP contribution in [-0.2, 0) is 11.3 Å². The molecule has 0 unspecified atom stereocenters. The molecule has 0 saturated carbocycles. The Hall–Kier alpha value is -3.42. The molecule has 0 spiro atoms. The van der Waals surface area contributed by atoms with Gasteiger partial charge < -0.3 is 21.1 Å². The molecule has 4 N–H and O–H groups in total. The molecule has 9 nitrogen and oxygen atoms in total. The summed E-state index contributed by atoms with van der Waals surface area (Å²) in [5.74, 6) is 0.377. The molecule has 1 aliphatic heterocycles. The molecule has 1 aliphatic rings. The lowest BCUT2D eigenvalue weighted by atomic mass is 10.00. The number of benzene rings is 1. The predicted octanol–water partition coefficient (Wildman–Crippen LogP) is 5.84. The van der Waals surface area contributed by atoms with Crippen LogP contribution in [0.4, 0.5) is 11.4 Å². The molecular weight excluding hydrogens is 637 g/mol. The number of pyridine rings is 3. The standard InChI is InChI=1S/C29H28IN7O2S/c30-40-37-17-24(22-11-21(15-35-28(22)37)29(38)36-14-19-2-1-7-32-12-19)20-3-4-25-23(10-20)27(31)26(16-34-25)33-13-18-5-8-39-9-6-18/h1-4,7,10-12,15-18,33H,5-6,8-9,13-14H2,(H2,31,34)(H,36,38). The van der Waals surface area contributed by atoms with Gasteiger partial charge in [-0.25, -0.2) is 4.98 Å². The summed E-state index contributed by atoms with van der Waals surface area (Å²) in [5.41, 5.74) is 13.2. The zero-order valence-corrected chi connectivity index (χ0v) is 24.6. The van der Waals surface area contributed by atoms with Crippen LogP contribution in [0.3, 0.4) is 0 Å². The van der Waals surface area contributed by atoms with Gasteiger partial charge in [0, 0.05) is 97.8 Å². The summed E-state index contributed by atoms with van der Waals surface area (Å²) in [5, 5.41) is 8.24. The number of amides is 1. The van der Waals surface area contributed by atoms with Crippen molar-refractivity contribution in [3.63, 3.8) is 0 Å². The van der Waals surface area contributed by atoms with Crippen molar-refractivity contribution in [2.45, 2.75) is 19.4 Å². The van der Waals surface area contributed by atoms with Gasteiger partial charge in [-0.2, -0.15) is 0 Å². The van der Waals surface area contributed by atoms with Crippen LogP contribution in [0.25, 0.3) is 33.1 Å². The zero-order valence-electron chi connectivity index (χ0n) is 21.6.